The van der Waals surface area contributed by atoms with Crippen LogP contribution in [0.2, 0.25) is 0 Å². The zero-order valence-corrected chi connectivity index (χ0v) is 26.5. The van der Waals surface area contributed by atoms with E-state index in [4.69, 9.17) is 23.7 Å². The quantitative estimate of drug-likeness (QED) is 0.104. The van der Waals surface area contributed by atoms with Gasteiger partial charge in [0.1, 0.15) is 19.3 Å². The maximum absolute atomic E-state index is 12.8. The summed E-state index contributed by atoms with van der Waals surface area (Å²) in [6, 6.07) is 26.5. The van der Waals surface area contributed by atoms with Crippen LogP contribution < -0.4 is 9.47 Å². The largest absolute Gasteiger partial charge is 0.487 e. The summed E-state index contributed by atoms with van der Waals surface area (Å²) >= 11 is 0. The van der Waals surface area contributed by atoms with Gasteiger partial charge in [0.15, 0.2) is 11.5 Å². The van der Waals surface area contributed by atoms with Crippen LogP contribution >= 0.6 is 0 Å². The highest BCUT2D eigenvalue weighted by Gasteiger charge is 2.20. The van der Waals surface area contributed by atoms with Crippen LogP contribution in [0, 0.1) is 0 Å². The van der Waals surface area contributed by atoms with Crippen molar-refractivity contribution in [3.63, 3.8) is 0 Å². The van der Waals surface area contributed by atoms with E-state index in [-0.39, 0.29) is 12.0 Å². The number of benzene rings is 3. The minimum Gasteiger partial charge on any atom is -0.487 e. The molecule has 1 fully saturated rings. The van der Waals surface area contributed by atoms with Gasteiger partial charge in [0.05, 0.1) is 13.2 Å². The Morgan fingerprint density at radius 2 is 1.36 bits per heavy atom. The number of methoxy groups -OCH3 is 2. The first-order valence-corrected chi connectivity index (χ1v) is 15.6. The predicted molar refractivity (Wildman–Crippen MR) is 178 cm³/mol. The second-order valence-electron chi connectivity index (χ2n) is 10.7. The molecule has 0 radical (unpaired) electrons. The molecule has 0 aromatic heterocycles. The maximum atomic E-state index is 12.8. The Bertz CT molecular complexity index is 1280. The molecule has 3 aromatic rings. The van der Waals surface area contributed by atoms with Crippen molar-refractivity contribution in [1.29, 1.82) is 0 Å². The highest BCUT2D eigenvalue weighted by atomic mass is 16.5. The van der Waals surface area contributed by atoms with E-state index in [2.05, 4.69) is 53.4 Å². The topological polar surface area (TPSA) is 69.7 Å². The number of carbonyl (C=O) groups excluding carboxylic acids is 1. The van der Waals surface area contributed by atoms with Gasteiger partial charge in [-0.2, -0.15) is 0 Å². The molecule has 0 bridgehead atoms. The second-order valence-corrected chi connectivity index (χ2v) is 10.7. The number of nitrogens with zero attached hydrogens (tertiary/aromatic N) is 2. The summed E-state index contributed by atoms with van der Waals surface area (Å²) in [5.41, 5.74) is 3.27. The van der Waals surface area contributed by atoms with Crippen LogP contribution in [0.15, 0.2) is 97.1 Å². The first-order valence-electron chi connectivity index (χ1n) is 15.6. The van der Waals surface area contributed by atoms with Gasteiger partial charge in [0, 0.05) is 59.6 Å². The maximum Gasteiger partial charge on any atom is 0.246 e. The molecule has 1 heterocycles. The Morgan fingerprint density at radius 3 is 1.98 bits per heavy atom. The lowest BCUT2D eigenvalue weighted by molar-refractivity contribution is -0.127. The van der Waals surface area contributed by atoms with E-state index >= 15 is 0 Å². The van der Waals surface area contributed by atoms with Crippen LogP contribution in [0.4, 0.5) is 0 Å². The number of hydrogen-bond donors (Lipinski definition) is 0. The molecule has 8 nitrogen and oxygen atoms in total. The number of hydrogen-bond acceptors (Lipinski definition) is 7. The monoisotopic (exact) mass is 614 g/mol. The summed E-state index contributed by atoms with van der Waals surface area (Å²) < 4.78 is 28.2. The van der Waals surface area contributed by atoms with E-state index in [0.717, 1.165) is 55.8 Å². The molecule has 0 saturated carbocycles. The van der Waals surface area contributed by atoms with Gasteiger partial charge in [-0.3, -0.25) is 9.69 Å². The standard InChI is InChI=1S/C37H46N2O6/c1-41-26-28-43-34-19-18-31(30-35(34)44-29-27-42-2)12-9-10-17-36(40)39-23-21-38(22-24-39)20-11-25-45-37(32-13-5-3-6-14-32)33-15-7-4-8-16-33/h3-10,12-19,30,37H,11,20-29H2,1-2H3. The average molecular weight is 615 g/mol. The number of piperazine rings is 1. The molecular formula is C37H46N2O6. The number of amides is 1. The fourth-order valence-corrected chi connectivity index (χ4v) is 5.06. The van der Waals surface area contributed by atoms with Crippen molar-refractivity contribution in [2.75, 3.05) is 80.0 Å². The summed E-state index contributed by atoms with van der Waals surface area (Å²) in [5, 5.41) is 0. The van der Waals surface area contributed by atoms with Gasteiger partial charge in [-0.15, -0.1) is 0 Å². The molecule has 1 aliphatic heterocycles. The molecule has 240 valence electrons. The zero-order chi connectivity index (χ0) is 31.5. The molecule has 0 unspecified atom stereocenters. The number of allylic oxidation sites excluding steroid dienone is 2. The molecule has 1 saturated heterocycles. The molecule has 0 aliphatic carbocycles. The lowest BCUT2D eigenvalue weighted by Crippen LogP contribution is -2.48. The van der Waals surface area contributed by atoms with Crippen LogP contribution in [0.25, 0.3) is 6.08 Å². The van der Waals surface area contributed by atoms with Gasteiger partial charge in [0.2, 0.25) is 5.91 Å². The van der Waals surface area contributed by atoms with Gasteiger partial charge >= 0.3 is 0 Å². The Hall–Kier alpha value is -3.95. The van der Waals surface area contributed by atoms with E-state index in [9.17, 15) is 4.79 Å². The molecule has 3 aromatic carbocycles. The fourth-order valence-electron chi connectivity index (χ4n) is 5.06. The minimum atomic E-state index is -0.0709. The highest BCUT2D eigenvalue weighted by Crippen LogP contribution is 2.29. The summed E-state index contributed by atoms with van der Waals surface area (Å²) in [7, 11) is 3.27. The molecule has 0 atom stereocenters. The van der Waals surface area contributed by atoms with Crippen molar-refractivity contribution < 1.29 is 28.5 Å². The number of carbonyl (C=O) groups is 1. The number of ether oxygens (including phenoxy) is 5. The van der Waals surface area contributed by atoms with Crippen LogP contribution in [0.5, 0.6) is 11.5 Å². The van der Waals surface area contributed by atoms with Gasteiger partial charge in [0.25, 0.3) is 0 Å². The third-order valence-corrected chi connectivity index (χ3v) is 7.49. The lowest BCUT2D eigenvalue weighted by atomic mass is 10.0. The molecular weight excluding hydrogens is 568 g/mol. The fraction of sp³-hybridized carbons (Fsp3) is 0.378. The van der Waals surface area contributed by atoms with Crippen molar-refractivity contribution in [3.05, 3.63) is 114 Å². The van der Waals surface area contributed by atoms with Gasteiger partial charge in [-0.1, -0.05) is 85.0 Å². The van der Waals surface area contributed by atoms with Gasteiger partial charge in [-0.25, -0.2) is 0 Å². The molecule has 1 aliphatic rings. The summed E-state index contributed by atoms with van der Waals surface area (Å²) in [5.74, 6) is 1.32. The molecule has 4 rings (SSSR count). The van der Waals surface area contributed by atoms with Crippen molar-refractivity contribution in [2.45, 2.75) is 12.5 Å². The van der Waals surface area contributed by atoms with Crippen LogP contribution in [-0.4, -0.2) is 95.7 Å². The zero-order valence-electron chi connectivity index (χ0n) is 26.5. The molecule has 0 N–H and O–H groups in total. The summed E-state index contributed by atoms with van der Waals surface area (Å²) in [6.45, 7) is 6.61. The van der Waals surface area contributed by atoms with Crippen molar-refractivity contribution >= 4 is 12.0 Å². The number of rotatable bonds is 18. The van der Waals surface area contributed by atoms with Crippen molar-refractivity contribution in [2.24, 2.45) is 0 Å². The predicted octanol–water partition coefficient (Wildman–Crippen LogP) is 5.65. The average Bonchev–Trinajstić information content (AvgIpc) is 3.08. The molecule has 1 amide bonds. The smallest absolute Gasteiger partial charge is 0.246 e. The van der Waals surface area contributed by atoms with Crippen LogP contribution in [-0.2, 0) is 19.0 Å². The van der Waals surface area contributed by atoms with Crippen molar-refractivity contribution in [1.82, 2.24) is 9.80 Å². The van der Waals surface area contributed by atoms with E-state index in [1.165, 1.54) is 0 Å². The molecule has 8 heteroatoms. The van der Waals surface area contributed by atoms with Gasteiger partial charge in [-0.05, 0) is 35.2 Å². The van der Waals surface area contributed by atoms with Crippen LogP contribution in [0.1, 0.15) is 29.2 Å². The first kappa shape index (κ1) is 33.9. The van der Waals surface area contributed by atoms with E-state index in [1.54, 1.807) is 26.4 Å². The van der Waals surface area contributed by atoms with E-state index < -0.39 is 0 Å². The summed E-state index contributed by atoms with van der Waals surface area (Å²) in [4.78, 5) is 17.1. The Kier molecular flexibility index (Phi) is 14.7. The third-order valence-electron chi connectivity index (χ3n) is 7.49. The molecule has 0 spiro atoms. The first-order chi connectivity index (χ1) is 22.2. The molecule has 45 heavy (non-hydrogen) atoms. The SMILES string of the molecule is COCCOc1ccc(C=CC=CC(=O)N2CCN(CCCOC(c3ccccc3)c3ccccc3)CC2)cc1OCCOC. The van der Waals surface area contributed by atoms with E-state index in [1.807, 2.05) is 47.4 Å². The van der Waals surface area contributed by atoms with E-state index in [0.29, 0.717) is 44.5 Å². The lowest BCUT2D eigenvalue weighted by Gasteiger charge is -2.34. The normalized spacial score (nSPS) is 14.1. The van der Waals surface area contributed by atoms with Crippen LogP contribution in [0.3, 0.4) is 0 Å². The highest BCUT2D eigenvalue weighted by molar-refractivity contribution is 5.88. The summed E-state index contributed by atoms with van der Waals surface area (Å²) in [6.07, 6.45) is 8.09. The van der Waals surface area contributed by atoms with Crippen molar-refractivity contribution in [3.8, 4) is 11.5 Å². The Balaban J connectivity index is 1.19. The van der Waals surface area contributed by atoms with Gasteiger partial charge < -0.3 is 28.6 Å². The second kappa shape index (κ2) is 19.4. The third kappa shape index (κ3) is 11.5. The Labute approximate surface area is 267 Å². The minimum absolute atomic E-state index is 0.0293. The Morgan fingerprint density at radius 1 is 0.733 bits per heavy atom.